The van der Waals surface area contributed by atoms with Crippen molar-refractivity contribution in [2.45, 2.75) is 6.54 Å². The fourth-order valence-corrected chi connectivity index (χ4v) is 1.91. The molecule has 0 atom stereocenters. The van der Waals surface area contributed by atoms with Crippen LogP contribution in [0.3, 0.4) is 0 Å². The molecule has 0 aliphatic rings. The Bertz CT molecular complexity index is 644. The van der Waals surface area contributed by atoms with Gasteiger partial charge in [0.2, 0.25) is 0 Å². The van der Waals surface area contributed by atoms with E-state index in [1.807, 2.05) is 48.5 Å². The Morgan fingerprint density at radius 1 is 1.06 bits per heavy atom. The summed E-state index contributed by atoms with van der Waals surface area (Å²) in [6, 6.07) is 16.0. The minimum Gasteiger partial charge on any atom is -0.356 e. The molecule has 3 aromatic rings. The van der Waals surface area contributed by atoms with Gasteiger partial charge in [0.15, 0.2) is 5.58 Å². The van der Waals surface area contributed by atoms with Gasteiger partial charge in [-0.25, -0.2) is 0 Å². The lowest BCUT2D eigenvalue weighted by atomic mass is 10.1. The molecular weight excluding hydrogens is 212 g/mol. The van der Waals surface area contributed by atoms with Crippen LogP contribution in [0.4, 0.5) is 0 Å². The molecule has 0 fully saturated rings. The molecule has 0 saturated carbocycles. The molecule has 0 aliphatic heterocycles. The standard InChI is InChI=1S/C14H12N2O/c15-9-10-6-7-12-13(8-10)17-16-14(12)11-4-2-1-3-5-11/h1-8H,9,15H2. The molecule has 0 spiro atoms. The molecule has 1 aromatic heterocycles. The molecule has 0 amide bonds. The maximum absolute atomic E-state index is 5.60. The summed E-state index contributed by atoms with van der Waals surface area (Å²) in [4.78, 5) is 0. The second kappa shape index (κ2) is 4.03. The molecule has 1 heterocycles. The summed E-state index contributed by atoms with van der Waals surface area (Å²) in [5, 5.41) is 5.15. The molecule has 0 unspecified atom stereocenters. The van der Waals surface area contributed by atoms with Gasteiger partial charge in [0.05, 0.1) is 0 Å². The molecule has 3 heteroatoms. The number of benzene rings is 2. The number of nitrogens with two attached hydrogens (primary N) is 1. The average Bonchev–Trinajstić information content (AvgIpc) is 2.82. The Morgan fingerprint density at radius 2 is 1.88 bits per heavy atom. The third kappa shape index (κ3) is 1.70. The molecular formula is C14H12N2O. The van der Waals surface area contributed by atoms with Gasteiger partial charge in [-0.3, -0.25) is 0 Å². The van der Waals surface area contributed by atoms with Crippen molar-refractivity contribution in [3.05, 3.63) is 54.1 Å². The van der Waals surface area contributed by atoms with Crippen molar-refractivity contribution in [1.82, 2.24) is 5.16 Å². The molecule has 0 bridgehead atoms. The van der Waals surface area contributed by atoms with E-state index in [2.05, 4.69) is 5.16 Å². The van der Waals surface area contributed by atoms with Gasteiger partial charge >= 0.3 is 0 Å². The number of rotatable bonds is 2. The van der Waals surface area contributed by atoms with Crippen molar-refractivity contribution in [2.24, 2.45) is 5.73 Å². The molecule has 2 aromatic carbocycles. The number of hydrogen-bond acceptors (Lipinski definition) is 3. The molecule has 0 saturated heterocycles. The summed E-state index contributed by atoms with van der Waals surface area (Å²) < 4.78 is 5.34. The molecule has 0 radical (unpaired) electrons. The van der Waals surface area contributed by atoms with Gasteiger partial charge < -0.3 is 10.3 Å². The van der Waals surface area contributed by atoms with Crippen molar-refractivity contribution in [1.29, 1.82) is 0 Å². The van der Waals surface area contributed by atoms with Gasteiger partial charge in [0.1, 0.15) is 5.69 Å². The summed E-state index contributed by atoms with van der Waals surface area (Å²) >= 11 is 0. The van der Waals surface area contributed by atoms with Crippen molar-refractivity contribution in [3.8, 4) is 11.3 Å². The highest BCUT2D eigenvalue weighted by atomic mass is 16.5. The maximum Gasteiger partial charge on any atom is 0.167 e. The molecule has 17 heavy (non-hydrogen) atoms. The Morgan fingerprint density at radius 3 is 2.65 bits per heavy atom. The van der Waals surface area contributed by atoms with E-state index < -0.39 is 0 Å². The fourth-order valence-electron chi connectivity index (χ4n) is 1.91. The zero-order valence-electron chi connectivity index (χ0n) is 9.26. The van der Waals surface area contributed by atoms with Crippen LogP contribution in [0, 0.1) is 0 Å². The number of aromatic nitrogens is 1. The van der Waals surface area contributed by atoms with Crippen molar-refractivity contribution >= 4 is 11.0 Å². The van der Waals surface area contributed by atoms with Crippen LogP contribution in [-0.4, -0.2) is 5.16 Å². The first-order valence-electron chi connectivity index (χ1n) is 5.52. The normalized spacial score (nSPS) is 10.9. The summed E-state index contributed by atoms with van der Waals surface area (Å²) in [6.45, 7) is 0.511. The lowest BCUT2D eigenvalue weighted by Crippen LogP contribution is -1.94. The van der Waals surface area contributed by atoms with Crippen LogP contribution in [-0.2, 0) is 6.54 Å². The maximum atomic E-state index is 5.60. The monoisotopic (exact) mass is 224 g/mol. The van der Waals surface area contributed by atoms with Gasteiger partial charge in [-0.1, -0.05) is 41.6 Å². The Kier molecular flexibility index (Phi) is 2.38. The van der Waals surface area contributed by atoms with Crippen LogP contribution in [0.1, 0.15) is 5.56 Å². The molecule has 3 rings (SSSR count). The van der Waals surface area contributed by atoms with E-state index in [0.29, 0.717) is 6.54 Å². The van der Waals surface area contributed by atoms with E-state index >= 15 is 0 Å². The SMILES string of the molecule is NCc1ccc2c(-c3ccccc3)noc2c1. The highest BCUT2D eigenvalue weighted by molar-refractivity contribution is 5.91. The van der Waals surface area contributed by atoms with Gasteiger partial charge in [0, 0.05) is 17.5 Å². The van der Waals surface area contributed by atoms with Gasteiger partial charge in [0.25, 0.3) is 0 Å². The highest BCUT2D eigenvalue weighted by Crippen LogP contribution is 2.28. The van der Waals surface area contributed by atoms with Gasteiger partial charge in [-0.2, -0.15) is 0 Å². The van der Waals surface area contributed by atoms with E-state index in [4.69, 9.17) is 10.3 Å². The smallest absolute Gasteiger partial charge is 0.167 e. The summed E-state index contributed by atoms with van der Waals surface area (Å²) in [6.07, 6.45) is 0. The third-order valence-corrected chi connectivity index (χ3v) is 2.82. The Hall–Kier alpha value is -2.13. The van der Waals surface area contributed by atoms with E-state index in [1.54, 1.807) is 0 Å². The first-order valence-corrected chi connectivity index (χ1v) is 5.52. The number of fused-ring (bicyclic) bond motifs is 1. The first-order chi connectivity index (χ1) is 8.38. The zero-order chi connectivity index (χ0) is 11.7. The van der Waals surface area contributed by atoms with Crippen LogP contribution in [0.25, 0.3) is 22.2 Å². The van der Waals surface area contributed by atoms with Crippen LogP contribution >= 0.6 is 0 Å². The zero-order valence-corrected chi connectivity index (χ0v) is 9.26. The molecule has 3 nitrogen and oxygen atoms in total. The van der Waals surface area contributed by atoms with Gasteiger partial charge in [-0.15, -0.1) is 0 Å². The van der Waals surface area contributed by atoms with Crippen LogP contribution in [0.2, 0.25) is 0 Å². The topological polar surface area (TPSA) is 52.0 Å². The van der Waals surface area contributed by atoms with Crippen LogP contribution in [0.5, 0.6) is 0 Å². The quantitative estimate of drug-likeness (QED) is 0.728. The first kappa shape index (κ1) is 10.1. The highest BCUT2D eigenvalue weighted by Gasteiger charge is 2.09. The van der Waals surface area contributed by atoms with E-state index in [9.17, 15) is 0 Å². The largest absolute Gasteiger partial charge is 0.356 e. The minimum atomic E-state index is 0.511. The Balaban J connectivity index is 2.19. The van der Waals surface area contributed by atoms with Crippen molar-refractivity contribution in [2.75, 3.05) is 0 Å². The van der Waals surface area contributed by atoms with E-state index in [-0.39, 0.29) is 0 Å². The van der Waals surface area contributed by atoms with Crippen LogP contribution in [0.15, 0.2) is 53.1 Å². The van der Waals surface area contributed by atoms with E-state index in [1.165, 1.54) is 0 Å². The van der Waals surface area contributed by atoms with Gasteiger partial charge in [-0.05, 0) is 17.7 Å². The Labute approximate surface area is 98.8 Å². The lowest BCUT2D eigenvalue weighted by Gasteiger charge is -1.97. The predicted molar refractivity (Wildman–Crippen MR) is 67.3 cm³/mol. The second-order valence-corrected chi connectivity index (χ2v) is 3.93. The minimum absolute atomic E-state index is 0.511. The molecule has 2 N–H and O–H groups in total. The number of hydrogen-bond donors (Lipinski definition) is 1. The average molecular weight is 224 g/mol. The predicted octanol–water partition coefficient (Wildman–Crippen LogP) is 2.95. The summed E-state index contributed by atoms with van der Waals surface area (Å²) in [5.74, 6) is 0. The van der Waals surface area contributed by atoms with Crippen molar-refractivity contribution in [3.63, 3.8) is 0 Å². The number of nitrogens with zero attached hydrogens (tertiary/aromatic N) is 1. The third-order valence-electron chi connectivity index (χ3n) is 2.82. The fraction of sp³-hybridized carbons (Fsp3) is 0.0714. The van der Waals surface area contributed by atoms with Crippen molar-refractivity contribution < 1.29 is 4.52 Å². The van der Waals surface area contributed by atoms with E-state index in [0.717, 1.165) is 27.8 Å². The summed E-state index contributed by atoms with van der Waals surface area (Å²) in [5.41, 5.74) is 9.37. The molecule has 84 valence electrons. The van der Waals surface area contributed by atoms with Crippen LogP contribution < -0.4 is 5.73 Å². The lowest BCUT2D eigenvalue weighted by molar-refractivity contribution is 0.459. The second-order valence-electron chi connectivity index (χ2n) is 3.93. The summed E-state index contributed by atoms with van der Waals surface area (Å²) in [7, 11) is 0. The molecule has 0 aliphatic carbocycles.